The van der Waals surface area contributed by atoms with Gasteiger partial charge in [0.1, 0.15) is 5.75 Å². The number of phenols is 1. The minimum absolute atomic E-state index is 0.169. The van der Waals surface area contributed by atoms with Crippen molar-refractivity contribution in [2.24, 2.45) is 5.10 Å². The predicted octanol–water partition coefficient (Wildman–Crippen LogP) is 3.33. The first kappa shape index (κ1) is 17.8. The molecule has 0 aliphatic carbocycles. The second-order valence-electron chi connectivity index (χ2n) is 4.71. The summed E-state index contributed by atoms with van der Waals surface area (Å²) >= 11 is 3.37. The number of amides is 1. The Hall–Kier alpha value is -2.54. The van der Waals surface area contributed by atoms with E-state index in [2.05, 4.69) is 26.5 Å². The van der Waals surface area contributed by atoms with Gasteiger partial charge in [-0.15, -0.1) is 0 Å². The van der Waals surface area contributed by atoms with Crippen molar-refractivity contribution < 1.29 is 19.4 Å². The maximum Gasteiger partial charge on any atom is 0.271 e. The van der Waals surface area contributed by atoms with E-state index in [-0.39, 0.29) is 11.7 Å². The fourth-order valence-electron chi connectivity index (χ4n) is 1.93. The lowest BCUT2D eigenvalue weighted by Gasteiger charge is -2.12. The van der Waals surface area contributed by atoms with Crippen molar-refractivity contribution in [2.45, 2.75) is 6.92 Å². The number of nitrogens with zero attached hydrogens (tertiary/aromatic N) is 1. The Labute approximate surface area is 148 Å². The Morgan fingerprint density at radius 2 is 2.04 bits per heavy atom. The molecule has 7 heteroatoms. The van der Waals surface area contributed by atoms with E-state index in [9.17, 15) is 9.90 Å². The third-order valence-corrected chi connectivity index (χ3v) is 3.64. The number of nitrogens with one attached hydrogen (secondary N) is 1. The molecule has 0 unspecified atom stereocenters. The summed E-state index contributed by atoms with van der Waals surface area (Å²) in [4.78, 5) is 12.2. The molecule has 2 aromatic rings. The first-order chi connectivity index (χ1) is 11.5. The lowest BCUT2D eigenvalue weighted by molar-refractivity contribution is 0.0954. The highest BCUT2D eigenvalue weighted by Gasteiger charge is 2.15. The molecule has 0 spiro atoms. The van der Waals surface area contributed by atoms with Crippen molar-refractivity contribution in [3.8, 4) is 17.2 Å². The fourth-order valence-corrected chi connectivity index (χ4v) is 2.48. The van der Waals surface area contributed by atoms with Crippen LogP contribution in [0.1, 0.15) is 22.8 Å². The number of carbonyl (C=O) groups excluding carboxylic acids is 1. The molecule has 0 aliphatic rings. The molecule has 0 radical (unpaired) electrons. The Balaban J connectivity index is 2.12. The SMILES string of the molecule is CCOc1c(Br)cc(C(=O)N/N=C/c2ccc(O)cc2)cc1OC. The molecule has 1 amide bonds. The molecular weight excluding hydrogens is 376 g/mol. The van der Waals surface area contributed by atoms with Crippen LogP contribution in [0.5, 0.6) is 17.2 Å². The van der Waals surface area contributed by atoms with Gasteiger partial charge in [0, 0.05) is 5.56 Å². The van der Waals surface area contributed by atoms with E-state index in [0.29, 0.717) is 28.1 Å². The Morgan fingerprint density at radius 1 is 1.33 bits per heavy atom. The van der Waals surface area contributed by atoms with Crippen molar-refractivity contribution in [3.05, 3.63) is 52.0 Å². The average Bonchev–Trinajstić information content (AvgIpc) is 2.58. The number of hydrogen-bond acceptors (Lipinski definition) is 5. The molecule has 0 atom stereocenters. The molecule has 0 aromatic heterocycles. The molecular formula is C17H17BrN2O4. The summed E-state index contributed by atoms with van der Waals surface area (Å²) in [5.41, 5.74) is 3.57. The number of aromatic hydroxyl groups is 1. The molecule has 6 nitrogen and oxygen atoms in total. The normalized spacial score (nSPS) is 10.6. The number of benzene rings is 2. The maximum atomic E-state index is 12.2. The number of hydrazone groups is 1. The summed E-state index contributed by atoms with van der Waals surface area (Å²) in [6.45, 7) is 2.35. The highest BCUT2D eigenvalue weighted by atomic mass is 79.9. The number of hydrogen-bond donors (Lipinski definition) is 2. The van der Waals surface area contributed by atoms with Crippen LogP contribution in [0.2, 0.25) is 0 Å². The van der Waals surface area contributed by atoms with Crippen LogP contribution < -0.4 is 14.9 Å². The van der Waals surface area contributed by atoms with Crippen molar-refractivity contribution >= 4 is 28.1 Å². The topological polar surface area (TPSA) is 80.2 Å². The molecule has 0 saturated heterocycles. The van der Waals surface area contributed by atoms with Crippen molar-refractivity contribution in [2.75, 3.05) is 13.7 Å². The fraction of sp³-hybridized carbons (Fsp3) is 0.176. The molecule has 0 heterocycles. The van der Waals surface area contributed by atoms with Crippen LogP contribution in [0.3, 0.4) is 0 Å². The second-order valence-corrected chi connectivity index (χ2v) is 5.57. The van der Waals surface area contributed by atoms with Gasteiger partial charge in [0.2, 0.25) is 0 Å². The Morgan fingerprint density at radius 3 is 2.67 bits per heavy atom. The van der Waals surface area contributed by atoms with E-state index in [1.54, 1.807) is 24.3 Å². The number of carbonyl (C=O) groups is 1. The molecule has 0 saturated carbocycles. The Bertz CT molecular complexity index is 745. The highest BCUT2D eigenvalue weighted by Crippen LogP contribution is 2.36. The van der Waals surface area contributed by atoms with Gasteiger partial charge in [0.05, 0.1) is 24.4 Å². The summed E-state index contributed by atoms with van der Waals surface area (Å²) in [6.07, 6.45) is 1.48. The molecule has 24 heavy (non-hydrogen) atoms. The van der Waals surface area contributed by atoms with E-state index in [4.69, 9.17) is 9.47 Å². The van der Waals surface area contributed by atoms with Crippen LogP contribution in [0.25, 0.3) is 0 Å². The van der Waals surface area contributed by atoms with Gasteiger partial charge in [-0.3, -0.25) is 4.79 Å². The predicted molar refractivity (Wildman–Crippen MR) is 95.0 cm³/mol. The van der Waals surface area contributed by atoms with Crippen LogP contribution in [-0.4, -0.2) is 30.9 Å². The zero-order valence-corrected chi connectivity index (χ0v) is 14.8. The van der Waals surface area contributed by atoms with E-state index >= 15 is 0 Å². The first-order valence-electron chi connectivity index (χ1n) is 7.18. The first-order valence-corrected chi connectivity index (χ1v) is 7.97. The third-order valence-electron chi connectivity index (χ3n) is 3.05. The van der Waals surface area contributed by atoms with Gasteiger partial charge in [0.25, 0.3) is 5.91 Å². The highest BCUT2D eigenvalue weighted by molar-refractivity contribution is 9.10. The molecule has 2 rings (SSSR count). The monoisotopic (exact) mass is 392 g/mol. The summed E-state index contributed by atoms with van der Waals surface area (Å²) in [6, 6.07) is 9.66. The van der Waals surface area contributed by atoms with Crippen molar-refractivity contribution in [1.29, 1.82) is 0 Å². The minimum Gasteiger partial charge on any atom is -0.508 e. The average molecular weight is 393 g/mol. The number of rotatable bonds is 6. The molecule has 2 N–H and O–H groups in total. The zero-order chi connectivity index (χ0) is 17.5. The van der Waals surface area contributed by atoms with Crippen LogP contribution in [0.15, 0.2) is 46.0 Å². The van der Waals surface area contributed by atoms with Crippen molar-refractivity contribution in [3.63, 3.8) is 0 Å². The minimum atomic E-state index is -0.382. The van der Waals surface area contributed by atoms with Crippen LogP contribution in [0.4, 0.5) is 0 Å². The lowest BCUT2D eigenvalue weighted by Crippen LogP contribution is -2.18. The van der Waals surface area contributed by atoms with E-state index in [1.807, 2.05) is 6.92 Å². The Kier molecular flexibility index (Phi) is 6.20. The summed E-state index contributed by atoms with van der Waals surface area (Å²) in [7, 11) is 1.51. The van der Waals surface area contributed by atoms with Gasteiger partial charge in [0.15, 0.2) is 11.5 Å². The maximum absolute atomic E-state index is 12.2. The van der Waals surface area contributed by atoms with Crippen LogP contribution in [0, 0.1) is 0 Å². The summed E-state index contributed by atoms with van der Waals surface area (Å²) in [5.74, 6) is 0.789. The van der Waals surface area contributed by atoms with E-state index in [1.165, 1.54) is 25.5 Å². The van der Waals surface area contributed by atoms with E-state index in [0.717, 1.165) is 5.56 Å². The number of halogens is 1. The van der Waals surface area contributed by atoms with Gasteiger partial charge in [-0.05, 0) is 64.8 Å². The lowest BCUT2D eigenvalue weighted by atomic mass is 10.2. The summed E-state index contributed by atoms with van der Waals surface area (Å²) in [5, 5.41) is 13.1. The molecule has 0 fully saturated rings. The van der Waals surface area contributed by atoms with Crippen molar-refractivity contribution in [1.82, 2.24) is 5.43 Å². The second kappa shape index (κ2) is 8.35. The van der Waals surface area contributed by atoms with Gasteiger partial charge >= 0.3 is 0 Å². The van der Waals surface area contributed by atoms with Gasteiger partial charge in [-0.2, -0.15) is 5.10 Å². The van der Waals surface area contributed by atoms with Crippen LogP contribution in [-0.2, 0) is 0 Å². The molecule has 0 bridgehead atoms. The van der Waals surface area contributed by atoms with E-state index < -0.39 is 0 Å². The van der Waals surface area contributed by atoms with Gasteiger partial charge < -0.3 is 14.6 Å². The number of methoxy groups -OCH3 is 1. The smallest absolute Gasteiger partial charge is 0.271 e. The molecule has 2 aromatic carbocycles. The number of ether oxygens (including phenoxy) is 2. The third kappa shape index (κ3) is 4.48. The van der Waals surface area contributed by atoms with Crippen LogP contribution >= 0.6 is 15.9 Å². The quantitative estimate of drug-likeness (QED) is 0.583. The van der Waals surface area contributed by atoms with Gasteiger partial charge in [-0.1, -0.05) is 0 Å². The molecule has 126 valence electrons. The largest absolute Gasteiger partial charge is 0.508 e. The number of phenolic OH excluding ortho intramolecular Hbond substituents is 1. The summed E-state index contributed by atoms with van der Waals surface area (Å²) < 4.78 is 11.4. The zero-order valence-electron chi connectivity index (χ0n) is 13.2. The molecule has 0 aliphatic heterocycles. The standard InChI is InChI=1S/C17H17BrN2O4/c1-3-24-16-14(18)8-12(9-15(16)23-2)17(22)20-19-10-11-4-6-13(21)7-5-11/h4-10,21H,3H2,1-2H3,(H,20,22)/b19-10+. The van der Waals surface area contributed by atoms with Gasteiger partial charge in [-0.25, -0.2) is 5.43 Å².